The van der Waals surface area contributed by atoms with Crippen molar-refractivity contribution in [3.8, 4) is 11.4 Å². The van der Waals surface area contributed by atoms with E-state index in [9.17, 15) is 9.50 Å². The number of hydrogen-bond acceptors (Lipinski definition) is 4. The largest absolute Gasteiger partial charge is 0.358 e. The van der Waals surface area contributed by atoms with Gasteiger partial charge in [-0.3, -0.25) is 0 Å². The van der Waals surface area contributed by atoms with Gasteiger partial charge in [-0.1, -0.05) is 31.0 Å². The molecular weight excluding hydrogens is 271 g/mol. The third kappa shape index (κ3) is 3.08. The van der Waals surface area contributed by atoms with Crippen LogP contribution in [0.2, 0.25) is 5.02 Å². The summed E-state index contributed by atoms with van der Waals surface area (Å²) in [5.74, 6) is -2.23. The molecule has 1 heterocycles. The fraction of sp³-hybridized carbons (Fsp3) is 0.417. The van der Waals surface area contributed by atoms with Crippen LogP contribution in [-0.2, 0) is 5.85 Å². The molecule has 0 radical (unpaired) electrons. The first-order valence-electron chi connectivity index (χ1n) is 5.99. The molecule has 1 unspecified atom stereocenters. The van der Waals surface area contributed by atoms with E-state index in [0.29, 0.717) is 17.0 Å². The topological polar surface area (TPSA) is 74.7 Å². The second-order valence-electron chi connectivity index (χ2n) is 4.29. The lowest BCUT2D eigenvalue weighted by molar-refractivity contribution is -0.103. The van der Waals surface area contributed by atoms with Crippen molar-refractivity contribution < 1.29 is 9.50 Å². The number of unbranched alkanes of at least 4 members (excludes halogenated alkanes) is 1. The zero-order valence-electron chi connectivity index (χ0n) is 10.4. The smallest absolute Gasteiger partial charge is 0.233 e. The van der Waals surface area contributed by atoms with Crippen LogP contribution in [0.25, 0.3) is 11.4 Å². The molecule has 0 aliphatic carbocycles. The van der Waals surface area contributed by atoms with Crippen LogP contribution < -0.4 is 0 Å². The van der Waals surface area contributed by atoms with Gasteiger partial charge in [0.25, 0.3) is 0 Å². The van der Waals surface area contributed by atoms with Crippen LogP contribution in [-0.4, -0.2) is 25.7 Å². The number of aliphatic hydroxyl groups is 1. The maximum absolute atomic E-state index is 14.4. The number of H-pyrrole nitrogens is 1. The average molecular weight is 285 g/mol. The van der Waals surface area contributed by atoms with E-state index in [1.165, 1.54) is 18.2 Å². The Bertz CT molecular complexity index is 545. The van der Waals surface area contributed by atoms with Crippen LogP contribution in [0.5, 0.6) is 0 Å². The summed E-state index contributed by atoms with van der Waals surface area (Å²) in [6.45, 7) is 1.93. The molecule has 102 valence electrons. The molecule has 2 N–H and O–H groups in total. The normalized spacial score (nSPS) is 14.3. The van der Waals surface area contributed by atoms with Crippen molar-refractivity contribution in [3.63, 3.8) is 0 Å². The molecule has 2 rings (SSSR count). The predicted octanol–water partition coefficient (Wildman–Crippen LogP) is 2.82. The number of halogens is 2. The summed E-state index contributed by atoms with van der Waals surface area (Å²) < 4.78 is 14.4. The molecule has 0 aliphatic rings. The molecule has 0 aliphatic heterocycles. The van der Waals surface area contributed by atoms with Crippen LogP contribution >= 0.6 is 11.6 Å². The molecule has 0 amide bonds. The summed E-state index contributed by atoms with van der Waals surface area (Å²) in [5.41, 5.74) is 0.439. The van der Waals surface area contributed by atoms with Crippen molar-refractivity contribution in [1.82, 2.24) is 20.6 Å². The summed E-state index contributed by atoms with van der Waals surface area (Å²) in [4.78, 5) is 0. The van der Waals surface area contributed by atoms with Gasteiger partial charge in [-0.15, -0.1) is 10.2 Å². The van der Waals surface area contributed by atoms with E-state index in [2.05, 4.69) is 20.6 Å². The maximum atomic E-state index is 14.4. The minimum atomic E-state index is -2.43. The number of hydrogen-bond donors (Lipinski definition) is 2. The first-order chi connectivity index (χ1) is 9.04. The van der Waals surface area contributed by atoms with Gasteiger partial charge < -0.3 is 5.11 Å². The fourth-order valence-electron chi connectivity index (χ4n) is 1.86. The average Bonchev–Trinajstić information content (AvgIpc) is 2.90. The van der Waals surface area contributed by atoms with E-state index in [1.54, 1.807) is 0 Å². The number of rotatable bonds is 5. The zero-order chi connectivity index (χ0) is 13.9. The Morgan fingerprint density at radius 3 is 2.89 bits per heavy atom. The third-order valence-electron chi connectivity index (χ3n) is 2.84. The standard InChI is InChI=1S/C12H14ClFN4O/c1-2-3-6-12(14,19)10-5-4-8(13)7-9(10)11-15-17-18-16-11/h4-5,7,19H,2-3,6H2,1H3,(H,15,16,17,18). The first kappa shape index (κ1) is 13.9. The Balaban J connectivity index is 2.45. The first-order valence-corrected chi connectivity index (χ1v) is 6.37. The van der Waals surface area contributed by atoms with Gasteiger partial charge in [0.15, 0.2) is 0 Å². The molecule has 1 aromatic heterocycles. The second kappa shape index (κ2) is 5.63. The number of aromatic amines is 1. The summed E-state index contributed by atoms with van der Waals surface area (Å²) in [7, 11) is 0. The van der Waals surface area contributed by atoms with Crippen molar-refractivity contribution in [3.05, 3.63) is 28.8 Å². The van der Waals surface area contributed by atoms with E-state index in [0.717, 1.165) is 6.42 Å². The van der Waals surface area contributed by atoms with Crippen molar-refractivity contribution in [2.45, 2.75) is 32.0 Å². The van der Waals surface area contributed by atoms with Crippen molar-refractivity contribution >= 4 is 11.6 Å². The molecule has 0 saturated carbocycles. The second-order valence-corrected chi connectivity index (χ2v) is 4.72. The molecular formula is C12H14ClFN4O. The molecule has 0 fully saturated rings. The van der Waals surface area contributed by atoms with Crippen molar-refractivity contribution in [2.24, 2.45) is 0 Å². The Kier molecular flexibility index (Phi) is 4.11. The van der Waals surface area contributed by atoms with Gasteiger partial charge in [-0.25, -0.2) is 4.39 Å². The number of tetrazole rings is 1. The minimum Gasteiger partial charge on any atom is -0.358 e. The summed E-state index contributed by atoms with van der Waals surface area (Å²) in [5, 5.41) is 23.7. The summed E-state index contributed by atoms with van der Waals surface area (Å²) in [6, 6.07) is 4.49. The van der Waals surface area contributed by atoms with Gasteiger partial charge in [0.1, 0.15) is 0 Å². The highest BCUT2D eigenvalue weighted by atomic mass is 35.5. The van der Waals surface area contributed by atoms with Crippen LogP contribution in [0.1, 0.15) is 31.7 Å². The Labute approximate surface area is 114 Å². The summed E-state index contributed by atoms with van der Waals surface area (Å²) in [6.07, 6.45) is 1.37. The highest BCUT2D eigenvalue weighted by Gasteiger charge is 2.32. The Hall–Kier alpha value is -1.53. The number of nitrogens with one attached hydrogen (secondary N) is 1. The molecule has 0 bridgehead atoms. The monoisotopic (exact) mass is 284 g/mol. The van der Waals surface area contributed by atoms with Gasteiger partial charge in [0, 0.05) is 22.6 Å². The molecule has 1 atom stereocenters. The van der Waals surface area contributed by atoms with Crippen LogP contribution in [0, 0.1) is 0 Å². The van der Waals surface area contributed by atoms with Gasteiger partial charge in [0.2, 0.25) is 11.7 Å². The fourth-order valence-corrected chi connectivity index (χ4v) is 2.03. The van der Waals surface area contributed by atoms with Crippen molar-refractivity contribution in [1.29, 1.82) is 0 Å². The van der Waals surface area contributed by atoms with Gasteiger partial charge in [-0.05, 0) is 23.8 Å². The molecule has 1 aromatic carbocycles. The van der Waals surface area contributed by atoms with Gasteiger partial charge >= 0.3 is 0 Å². The highest BCUT2D eigenvalue weighted by molar-refractivity contribution is 6.30. The van der Waals surface area contributed by atoms with Crippen LogP contribution in [0.4, 0.5) is 4.39 Å². The molecule has 5 nitrogen and oxygen atoms in total. The number of nitrogens with zero attached hydrogens (tertiary/aromatic N) is 3. The molecule has 0 spiro atoms. The predicted molar refractivity (Wildman–Crippen MR) is 69.2 cm³/mol. The SMILES string of the molecule is CCCCC(O)(F)c1ccc(Cl)cc1-c1nn[nH]n1. The molecule has 2 aromatic rings. The molecule has 19 heavy (non-hydrogen) atoms. The van der Waals surface area contributed by atoms with E-state index >= 15 is 0 Å². The van der Waals surface area contributed by atoms with E-state index in [1.807, 2.05) is 6.92 Å². The lowest BCUT2D eigenvalue weighted by Crippen LogP contribution is -2.20. The highest BCUT2D eigenvalue weighted by Crippen LogP contribution is 2.36. The lowest BCUT2D eigenvalue weighted by Gasteiger charge is -2.21. The van der Waals surface area contributed by atoms with E-state index in [-0.39, 0.29) is 17.8 Å². The number of alkyl halides is 1. The van der Waals surface area contributed by atoms with E-state index < -0.39 is 5.85 Å². The van der Waals surface area contributed by atoms with E-state index in [4.69, 9.17) is 11.6 Å². The summed E-state index contributed by atoms with van der Waals surface area (Å²) >= 11 is 5.90. The van der Waals surface area contributed by atoms with Gasteiger partial charge in [0.05, 0.1) is 0 Å². The van der Waals surface area contributed by atoms with Crippen molar-refractivity contribution in [2.75, 3.05) is 0 Å². The third-order valence-corrected chi connectivity index (χ3v) is 3.08. The van der Waals surface area contributed by atoms with Crippen LogP contribution in [0.3, 0.4) is 0 Å². The van der Waals surface area contributed by atoms with Crippen LogP contribution in [0.15, 0.2) is 18.2 Å². The Morgan fingerprint density at radius 1 is 1.47 bits per heavy atom. The number of benzene rings is 1. The zero-order valence-corrected chi connectivity index (χ0v) is 11.2. The van der Waals surface area contributed by atoms with Gasteiger partial charge in [-0.2, -0.15) is 5.21 Å². The lowest BCUT2D eigenvalue weighted by atomic mass is 9.96. The molecule has 0 saturated heterocycles. The quantitative estimate of drug-likeness (QED) is 0.885. The maximum Gasteiger partial charge on any atom is 0.233 e. The molecule has 7 heteroatoms. The number of aromatic nitrogens is 4. The Morgan fingerprint density at radius 2 is 2.26 bits per heavy atom. The minimum absolute atomic E-state index is 0.00990.